The monoisotopic (exact) mass is 449 g/mol. The average molecular weight is 450 g/mol. The second-order valence-corrected chi connectivity index (χ2v) is 7.63. The molecule has 0 saturated heterocycles. The Bertz CT molecular complexity index is 1310. The van der Waals surface area contributed by atoms with Gasteiger partial charge in [-0.15, -0.1) is 0 Å². The molecular formula is C20H11ClF3N3O2S. The van der Waals surface area contributed by atoms with E-state index in [9.17, 15) is 23.1 Å². The molecule has 10 heteroatoms. The van der Waals surface area contributed by atoms with E-state index in [0.717, 1.165) is 23.9 Å². The number of alkyl halides is 3. The van der Waals surface area contributed by atoms with Crippen LogP contribution < -0.4 is 5.56 Å². The topological polar surface area (TPSA) is 78.9 Å². The maximum absolute atomic E-state index is 13.4. The zero-order valence-electron chi connectivity index (χ0n) is 14.9. The average Bonchev–Trinajstić information content (AvgIpc) is 2.70. The second-order valence-electron chi connectivity index (χ2n) is 6.21. The number of halogens is 4. The van der Waals surface area contributed by atoms with Crippen LogP contribution in [-0.4, -0.2) is 20.1 Å². The first-order chi connectivity index (χ1) is 14.2. The van der Waals surface area contributed by atoms with E-state index in [0.29, 0.717) is 0 Å². The lowest BCUT2D eigenvalue weighted by Crippen LogP contribution is -2.12. The van der Waals surface area contributed by atoms with Crippen molar-refractivity contribution in [1.29, 1.82) is 0 Å². The molecule has 4 rings (SSSR count). The first-order valence-corrected chi connectivity index (χ1v) is 9.64. The molecule has 0 aliphatic heterocycles. The number of pyridine rings is 1. The van der Waals surface area contributed by atoms with Gasteiger partial charge in [0.25, 0.3) is 5.56 Å². The molecule has 2 aromatic heterocycles. The maximum Gasteiger partial charge on any atom is 0.416 e. The van der Waals surface area contributed by atoms with E-state index >= 15 is 0 Å². The largest absolute Gasteiger partial charge is 0.507 e. The predicted octanol–water partition coefficient (Wildman–Crippen LogP) is 5.51. The van der Waals surface area contributed by atoms with Crippen molar-refractivity contribution in [2.24, 2.45) is 0 Å². The molecule has 2 N–H and O–H groups in total. The van der Waals surface area contributed by atoms with Crippen LogP contribution >= 0.6 is 23.4 Å². The molecule has 0 aliphatic carbocycles. The molecule has 30 heavy (non-hydrogen) atoms. The van der Waals surface area contributed by atoms with Gasteiger partial charge in [-0.25, -0.2) is 9.97 Å². The number of H-pyrrole nitrogens is 1. The van der Waals surface area contributed by atoms with Gasteiger partial charge in [0, 0.05) is 39.4 Å². The lowest BCUT2D eigenvalue weighted by molar-refractivity contribution is -0.137. The summed E-state index contributed by atoms with van der Waals surface area (Å²) in [5, 5.41) is 11.0. The molecule has 0 atom stereocenters. The molecule has 4 aromatic rings. The molecule has 0 radical (unpaired) electrons. The number of nitrogens with zero attached hydrogens (tertiary/aromatic N) is 2. The lowest BCUT2D eigenvalue weighted by Gasteiger charge is -2.15. The van der Waals surface area contributed by atoms with Crippen molar-refractivity contribution in [2.75, 3.05) is 0 Å². The molecule has 0 saturated carbocycles. The van der Waals surface area contributed by atoms with Crippen molar-refractivity contribution in [3.05, 3.63) is 75.8 Å². The Morgan fingerprint density at radius 3 is 2.50 bits per heavy atom. The third kappa shape index (κ3) is 3.86. The quantitative estimate of drug-likeness (QED) is 0.403. The number of aromatic hydroxyl groups is 1. The number of hydrogen-bond donors (Lipinski definition) is 2. The third-order valence-corrected chi connectivity index (χ3v) is 5.48. The summed E-state index contributed by atoms with van der Waals surface area (Å²) in [6.45, 7) is 0. The predicted molar refractivity (Wildman–Crippen MR) is 108 cm³/mol. The van der Waals surface area contributed by atoms with Crippen LogP contribution in [0.25, 0.3) is 22.0 Å². The maximum atomic E-state index is 13.4. The van der Waals surface area contributed by atoms with Crippen molar-refractivity contribution in [1.82, 2.24) is 15.0 Å². The van der Waals surface area contributed by atoms with Crippen LogP contribution in [0.15, 0.2) is 69.7 Å². The third-order valence-electron chi connectivity index (χ3n) is 4.26. The molecule has 0 amide bonds. The van der Waals surface area contributed by atoms with Gasteiger partial charge >= 0.3 is 6.18 Å². The fourth-order valence-electron chi connectivity index (χ4n) is 2.95. The highest BCUT2D eigenvalue weighted by Gasteiger charge is 2.31. The summed E-state index contributed by atoms with van der Waals surface area (Å²) in [7, 11) is 0. The number of aromatic amines is 1. The van der Waals surface area contributed by atoms with Crippen molar-refractivity contribution in [2.45, 2.75) is 16.2 Å². The van der Waals surface area contributed by atoms with Crippen molar-refractivity contribution < 1.29 is 18.3 Å². The summed E-state index contributed by atoms with van der Waals surface area (Å²) >= 11 is 6.94. The second kappa shape index (κ2) is 7.66. The number of aromatic nitrogens is 3. The summed E-state index contributed by atoms with van der Waals surface area (Å²) in [6, 6.07) is 8.72. The minimum absolute atomic E-state index is 0.0330. The Morgan fingerprint density at radius 2 is 1.80 bits per heavy atom. The highest BCUT2D eigenvalue weighted by molar-refractivity contribution is 7.99. The van der Waals surface area contributed by atoms with Gasteiger partial charge in [-0.3, -0.25) is 4.79 Å². The molecular weight excluding hydrogens is 439 g/mol. The number of rotatable bonds is 3. The van der Waals surface area contributed by atoms with Gasteiger partial charge < -0.3 is 10.1 Å². The molecule has 0 bridgehead atoms. The van der Waals surface area contributed by atoms with Crippen molar-refractivity contribution in [3.63, 3.8) is 0 Å². The summed E-state index contributed by atoms with van der Waals surface area (Å²) < 4.78 is 40.1. The highest BCUT2D eigenvalue weighted by Crippen LogP contribution is 2.42. The van der Waals surface area contributed by atoms with Gasteiger partial charge in [0.1, 0.15) is 5.75 Å². The van der Waals surface area contributed by atoms with Gasteiger partial charge in [0.05, 0.1) is 10.5 Å². The number of nitrogens with one attached hydrogen (secondary N) is 1. The van der Waals surface area contributed by atoms with E-state index in [4.69, 9.17) is 11.6 Å². The number of hydrogen-bond acceptors (Lipinski definition) is 5. The first-order valence-electron chi connectivity index (χ1n) is 8.45. The summed E-state index contributed by atoms with van der Waals surface area (Å²) in [4.78, 5) is 23.6. The molecule has 0 spiro atoms. The smallest absolute Gasteiger partial charge is 0.416 e. The van der Waals surface area contributed by atoms with E-state index in [1.54, 1.807) is 6.07 Å². The van der Waals surface area contributed by atoms with Gasteiger partial charge in [0.2, 0.25) is 0 Å². The Morgan fingerprint density at radius 1 is 1.07 bits per heavy atom. The van der Waals surface area contributed by atoms with Crippen molar-refractivity contribution in [3.8, 4) is 16.9 Å². The van der Waals surface area contributed by atoms with Crippen LogP contribution in [0.5, 0.6) is 5.75 Å². The Hall–Kier alpha value is -3.04. The van der Waals surface area contributed by atoms with Crippen molar-refractivity contribution >= 4 is 34.3 Å². The van der Waals surface area contributed by atoms with Crippen LogP contribution in [0.3, 0.4) is 0 Å². The van der Waals surface area contributed by atoms with E-state index in [2.05, 4.69) is 15.0 Å². The van der Waals surface area contributed by atoms with E-state index in [-0.39, 0.29) is 42.9 Å². The number of fused-ring (bicyclic) bond motifs is 1. The Kier molecular flexibility index (Phi) is 5.17. The van der Waals surface area contributed by atoms with Crippen LogP contribution in [-0.2, 0) is 6.18 Å². The summed E-state index contributed by atoms with van der Waals surface area (Å²) in [6.07, 6.45) is -1.64. The van der Waals surface area contributed by atoms with Gasteiger partial charge in [-0.05, 0) is 54.2 Å². The lowest BCUT2D eigenvalue weighted by atomic mass is 9.98. The van der Waals surface area contributed by atoms with Gasteiger partial charge in [-0.1, -0.05) is 11.6 Å². The van der Waals surface area contributed by atoms with Gasteiger partial charge in [0.15, 0.2) is 5.16 Å². The molecule has 2 heterocycles. The molecule has 0 unspecified atom stereocenters. The standard InChI is InChI=1S/C20H11ClF3N3O2S/c21-11-3-5-15(28)13(9-11)16-12-8-10(20(22,23)24)2-4-14(12)27-18(29)17(16)30-19-25-6-1-7-26-19/h1-9,28H,(H,27,29). The fraction of sp³-hybridized carbons (Fsp3) is 0.0500. The Labute approximate surface area is 176 Å². The SMILES string of the molecule is O=c1[nH]c2ccc(C(F)(F)F)cc2c(-c2cc(Cl)ccc2O)c1Sc1ncccn1. The minimum atomic E-state index is -4.59. The zero-order valence-corrected chi connectivity index (χ0v) is 16.4. The number of benzene rings is 2. The van der Waals surface area contributed by atoms with Crippen LogP contribution in [0.2, 0.25) is 5.02 Å². The summed E-state index contributed by atoms with van der Waals surface area (Å²) in [5.41, 5.74) is -1.04. The van der Waals surface area contributed by atoms with Gasteiger partial charge in [-0.2, -0.15) is 13.2 Å². The molecule has 2 aromatic carbocycles. The normalized spacial score (nSPS) is 11.7. The highest BCUT2D eigenvalue weighted by atomic mass is 35.5. The minimum Gasteiger partial charge on any atom is -0.507 e. The van der Waals surface area contributed by atoms with Crippen LogP contribution in [0.4, 0.5) is 13.2 Å². The van der Waals surface area contributed by atoms with Crippen LogP contribution in [0, 0.1) is 0 Å². The molecule has 152 valence electrons. The van der Waals surface area contributed by atoms with E-state index in [1.165, 1.54) is 36.7 Å². The molecule has 0 fully saturated rings. The Balaban J connectivity index is 2.10. The number of phenolic OH excluding ortho intramolecular Hbond substituents is 1. The van der Waals surface area contributed by atoms with Crippen LogP contribution in [0.1, 0.15) is 5.56 Å². The number of phenols is 1. The zero-order chi connectivity index (χ0) is 21.5. The first kappa shape index (κ1) is 20.2. The van der Waals surface area contributed by atoms with E-state index < -0.39 is 17.3 Å². The molecule has 5 nitrogen and oxygen atoms in total. The van der Waals surface area contributed by atoms with E-state index in [1.807, 2.05) is 0 Å². The summed E-state index contributed by atoms with van der Waals surface area (Å²) in [5.74, 6) is -0.237. The molecule has 0 aliphatic rings. The fourth-order valence-corrected chi connectivity index (χ4v) is 4.00.